The minimum Gasteiger partial charge on any atom is -0.669 e. The maximum absolute atomic E-state index is 6.57. The first-order valence-electron chi connectivity index (χ1n) is 15.6. The fourth-order valence-corrected chi connectivity index (χ4v) is 7.32. The molecule has 0 amide bonds. The van der Waals surface area contributed by atoms with Crippen LogP contribution in [0, 0.1) is 49.5 Å². The van der Waals surface area contributed by atoms with Crippen LogP contribution in [0.4, 0.5) is 5.69 Å². The van der Waals surface area contributed by atoms with Gasteiger partial charge in [0.15, 0.2) is 0 Å². The van der Waals surface area contributed by atoms with Crippen molar-refractivity contribution >= 4 is 29.5 Å². The van der Waals surface area contributed by atoms with E-state index < -0.39 is 7.92 Å². The van der Waals surface area contributed by atoms with Crippen molar-refractivity contribution in [2.45, 2.75) is 26.2 Å². The fraction of sp³-hybridized carbons (Fsp3) is 0.116. The van der Waals surface area contributed by atoms with E-state index in [1.54, 1.807) is 17.0 Å². The fourth-order valence-electron chi connectivity index (χ4n) is 5.15. The van der Waals surface area contributed by atoms with E-state index in [1.807, 2.05) is 72.9 Å². The van der Waals surface area contributed by atoms with Crippen molar-refractivity contribution in [3.63, 3.8) is 0 Å². The number of benzene rings is 4. The molecule has 1 aliphatic heterocycles. The summed E-state index contributed by atoms with van der Waals surface area (Å²) in [5.41, 5.74) is 5.85. The minimum absolute atomic E-state index is 0. The largest absolute Gasteiger partial charge is 4.00 e. The van der Waals surface area contributed by atoms with E-state index in [-0.39, 0.29) is 47.5 Å². The summed E-state index contributed by atoms with van der Waals surface area (Å²) in [6.45, 7) is 8.79. The molecule has 0 saturated carbocycles. The Morgan fingerprint density at radius 2 is 1.54 bits per heavy atom. The first-order valence-corrected chi connectivity index (χ1v) is 16.9. The number of nitrogens with zero attached hydrogens (tertiary/aromatic N) is 4. The number of rotatable bonds is 6. The molecule has 1 aliphatic rings. The molecule has 6 aromatic rings. The second-order valence-corrected chi connectivity index (χ2v) is 14.4. The van der Waals surface area contributed by atoms with Crippen molar-refractivity contribution < 1.29 is 42.1 Å². The molecule has 7 heteroatoms. The Balaban J connectivity index is 0.000000559. The number of hydrogen-bond acceptors (Lipinski definition) is 3. The molecule has 0 spiro atoms. The molecule has 50 heavy (non-hydrogen) atoms. The van der Waals surface area contributed by atoms with E-state index in [2.05, 4.69) is 128 Å². The van der Waals surface area contributed by atoms with Crippen LogP contribution in [0.2, 0.25) is 0 Å². The van der Waals surface area contributed by atoms with E-state index in [4.69, 9.17) is 6.42 Å². The van der Waals surface area contributed by atoms with Crippen LogP contribution in [0.15, 0.2) is 128 Å². The zero-order valence-corrected chi connectivity index (χ0v) is 33.5. The van der Waals surface area contributed by atoms with Gasteiger partial charge in [0.1, 0.15) is 0 Å². The van der Waals surface area contributed by atoms with Crippen LogP contribution in [0.1, 0.15) is 26.3 Å². The van der Waals surface area contributed by atoms with Crippen molar-refractivity contribution in [1.29, 1.82) is 0 Å². The number of aromatic nitrogens is 2. The summed E-state index contributed by atoms with van der Waals surface area (Å²) in [6.07, 6.45) is 16.0. The summed E-state index contributed by atoms with van der Waals surface area (Å²) >= 11 is 0. The first kappa shape index (κ1) is 38.8. The molecule has 0 radical (unpaired) electrons. The summed E-state index contributed by atoms with van der Waals surface area (Å²) in [5, 5.41) is 3.48. The number of anilines is 1. The van der Waals surface area contributed by atoms with Crippen molar-refractivity contribution in [1.82, 2.24) is 14.5 Å². The van der Waals surface area contributed by atoms with Crippen molar-refractivity contribution in [2.75, 3.05) is 11.9 Å². The van der Waals surface area contributed by atoms with Gasteiger partial charge in [-0.3, -0.25) is 6.07 Å². The van der Waals surface area contributed by atoms with Crippen LogP contribution in [0.5, 0.6) is 0 Å². The Labute approximate surface area is 327 Å². The summed E-state index contributed by atoms with van der Waals surface area (Å²) in [5.74, 6) is 0. The van der Waals surface area contributed by atoms with Gasteiger partial charge in [-0.1, -0.05) is 53.0 Å². The van der Waals surface area contributed by atoms with Gasteiger partial charge < -0.3 is 43.5 Å². The Hall–Kier alpha value is -3.98. The molecule has 7 rings (SSSR count). The molecule has 0 N–H and O–H groups in total. The molecule has 0 fully saturated rings. The van der Waals surface area contributed by atoms with Crippen LogP contribution in [0.25, 0.3) is 22.4 Å². The zero-order valence-electron chi connectivity index (χ0n) is 28.1. The zero-order chi connectivity index (χ0) is 33.5. The third kappa shape index (κ3) is 9.62. The molecule has 4 aromatic carbocycles. The smallest absolute Gasteiger partial charge is 0.669 e. The molecule has 1 unspecified atom stereocenters. The first-order chi connectivity index (χ1) is 23.3. The van der Waals surface area contributed by atoms with Gasteiger partial charge in [-0.2, -0.15) is 67.0 Å². The van der Waals surface area contributed by atoms with Crippen LogP contribution in [-0.2, 0) is 47.5 Å². The molecular weight excluding hydrogens is 994 g/mol. The SMILES string of the molecule is CN1C=CN(c2[c-]c(P(c3[c-]c(-c4[c-]c(-c5[c-]cccc5)ccn4)[c-]cc3)c3ccc(C(C)(C)C)cc3)ccc2)[CH-]1.[C-]#Cn1cccc1.[Pt+4].[Pt]. The van der Waals surface area contributed by atoms with Crippen molar-refractivity contribution in [2.24, 2.45) is 0 Å². The van der Waals surface area contributed by atoms with Crippen LogP contribution in [-0.4, -0.2) is 21.5 Å². The molecule has 2 aromatic heterocycles. The number of hydrogen-bond donors (Lipinski definition) is 0. The average Bonchev–Trinajstić information content (AvgIpc) is 3.82. The predicted molar refractivity (Wildman–Crippen MR) is 197 cm³/mol. The maximum atomic E-state index is 6.57. The summed E-state index contributed by atoms with van der Waals surface area (Å²) in [6, 6.07) is 52.8. The van der Waals surface area contributed by atoms with Gasteiger partial charge >= 0.3 is 21.1 Å². The van der Waals surface area contributed by atoms with Gasteiger partial charge in [-0.05, 0) is 54.1 Å². The quantitative estimate of drug-likeness (QED) is 0.0973. The average molecular weight is 1030 g/mol. The van der Waals surface area contributed by atoms with Crippen molar-refractivity contribution in [3.8, 4) is 28.4 Å². The Bertz CT molecular complexity index is 2030. The molecular formula is C43H34N4PPt2-3. The Morgan fingerprint density at radius 3 is 2.18 bits per heavy atom. The molecule has 0 saturated heterocycles. The molecule has 1 atom stereocenters. The van der Waals surface area contributed by atoms with E-state index in [0.29, 0.717) is 0 Å². The molecule has 254 valence electrons. The minimum atomic E-state index is -0.951. The third-order valence-electron chi connectivity index (χ3n) is 7.67. The van der Waals surface area contributed by atoms with E-state index in [0.717, 1.165) is 38.7 Å². The normalized spacial score (nSPS) is 12.5. The second kappa shape index (κ2) is 17.8. The maximum Gasteiger partial charge on any atom is 4.00 e. The molecule has 4 nitrogen and oxygen atoms in total. The van der Waals surface area contributed by atoms with Gasteiger partial charge in [0, 0.05) is 33.5 Å². The summed E-state index contributed by atoms with van der Waals surface area (Å²) in [7, 11) is 1.07. The van der Waals surface area contributed by atoms with Crippen LogP contribution >= 0.6 is 7.92 Å². The van der Waals surface area contributed by atoms with Crippen molar-refractivity contribution in [3.05, 3.63) is 177 Å². The second-order valence-electron chi connectivity index (χ2n) is 12.2. The predicted octanol–water partition coefficient (Wildman–Crippen LogP) is 7.69. The molecule has 3 heterocycles. The van der Waals surface area contributed by atoms with Crippen LogP contribution < -0.4 is 20.8 Å². The number of pyridine rings is 1. The van der Waals surface area contributed by atoms with Gasteiger partial charge in [0.25, 0.3) is 0 Å². The summed E-state index contributed by atoms with van der Waals surface area (Å²) < 4.78 is 1.54. The van der Waals surface area contributed by atoms with E-state index in [9.17, 15) is 0 Å². The molecule has 0 aliphatic carbocycles. The topological polar surface area (TPSA) is 24.3 Å². The van der Waals surface area contributed by atoms with Gasteiger partial charge in [0.2, 0.25) is 0 Å². The molecule has 0 bridgehead atoms. The van der Waals surface area contributed by atoms with E-state index in [1.165, 1.54) is 10.9 Å². The third-order valence-corrected chi connectivity index (χ3v) is 9.97. The van der Waals surface area contributed by atoms with Gasteiger partial charge in [-0.25, -0.2) is 34.6 Å². The van der Waals surface area contributed by atoms with Crippen LogP contribution in [0.3, 0.4) is 0 Å². The van der Waals surface area contributed by atoms with Gasteiger partial charge in [0.05, 0.1) is 0 Å². The monoisotopic (exact) mass is 1030 g/mol. The standard InChI is InChI=1S/C37H30N3P.C6H4N.2Pt/c1-37(2,3)31-16-18-33(19-17-31)41(35-15-9-13-32(26-35)40-23-22-39(4)27-40)34-14-8-12-30(24-34)36-25-29(20-21-38-36)28-10-6-5-7-11-28;1-2-7-5-3-4-6-7;;/h5-10,13-23,27H,1-4H3;3-6H;;/q-6;-1;;+4. The Morgan fingerprint density at radius 1 is 0.780 bits per heavy atom. The van der Waals surface area contributed by atoms with Gasteiger partial charge in [-0.15, -0.1) is 17.1 Å². The summed E-state index contributed by atoms with van der Waals surface area (Å²) in [4.78, 5) is 8.77. The van der Waals surface area contributed by atoms with E-state index >= 15 is 0 Å². The Kier molecular flexibility index (Phi) is 13.8.